The van der Waals surface area contributed by atoms with Gasteiger partial charge in [0.2, 0.25) is 0 Å². The molecule has 1 saturated heterocycles. The number of aromatic nitrogens is 3. The summed E-state index contributed by atoms with van der Waals surface area (Å²) < 4.78 is 15.0. The highest BCUT2D eigenvalue weighted by atomic mass is 19.1. The number of carbonyl (C=O) groups excluding carboxylic acids is 1. The minimum atomic E-state index is -0.365. The zero-order valence-electron chi connectivity index (χ0n) is 18.2. The van der Waals surface area contributed by atoms with Gasteiger partial charge in [-0.2, -0.15) is 5.10 Å². The number of hydrogen-bond donors (Lipinski definition) is 1. The van der Waals surface area contributed by atoms with E-state index in [1.165, 1.54) is 12.3 Å². The van der Waals surface area contributed by atoms with Crippen molar-refractivity contribution in [1.29, 1.82) is 0 Å². The number of rotatable bonds is 5. The van der Waals surface area contributed by atoms with Crippen LogP contribution in [0.1, 0.15) is 35.7 Å². The van der Waals surface area contributed by atoms with Crippen LogP contribution in [-0.2, 0) is 7.05 Å². The van der Waals surface area contributed by atoms with E-state index in [2.05, 4.69) is 22.3 Å². The monoisotopic (exact) mass is 421 g/mol. The summed E-state index contributed by atoms with van der Waals surface area (Å²) in [5.41, 5.74) is 3.55. The van der Waals surface area contributed by atoms with Crippen molar-refractivity contribution < 1.29 is 9.18 Å². The van der Waals surface area contributed by atoms with Gasteiger partial charge in [0, 0.05) is 37.5 Å². The summed E-state index contributed by atoms with van der Waals surface area (Å²) >= 11 is 0. The number of anilines is 1. The Morgan fingerprint density at radius 3 is 2.81 bits per heavy atom. The van der Waals surface area contributed by atoms with Crippen LogP contribution in [0.3, 0.4) is 0 Å². The molecule has 3 heterocycles. The molecule has 2 atom stereocenters. The first-order valence-electron chi connectivity index (χ1n) is 10.7. The van der Waals surface area contributed by atoms with Crippen molar-refractivity contribution in [3.8, 4) is 11.3 Å². The predicted octanol–water partition coefficient (Wildman–Crippen LogP) is 4.28. The minimum absolute atomic E-state index is 0.0213. The predicted molar refractivity (Wildman–Crippen MR) is 119 cm³/mol. The quantitative estimate of drug-likeness (QED) is 0.668. The van der Waals surface area contributed by atoms with Crippen molar-refractivity contribution in [2.75, 3.05) is 18.4 Å². The molecule has 3 aromatic rings. The first kappa shape index (κ1) is 21.0. The maximum absolute atomic E-state index is 13.8. The van der Waals surface area contributed by atoms with E-state index in [1.807, 2.05) is 43.1 Å². The Morgan fingerprint density at radius 1 is 1.26 bits per heavy atom. The number of piperidine rings is 1. The molecule has 1 aliphatic heterocycles. The number of nitrogens with zero attached hydrogens (tertiary/aromatic N) is 4. The Hall–Kier alpha value is -3.22. The molecule has 0 saturated carbocycles. The van der Waals surface area contributed by atoms with Crippen LogP contribution in [0.15, 0.2) is 48.8 Å². The van der Waals surface area contributed by atoms with E-state index < -0.39 is 0 Å². The molecule has 1 amide bonds. The number of benzene rings is 1. The fourth-order valence-corrected chi connectivity index (χ4v) is 4.35. The number of halogens is 1. The molecule has 162 valence electrons. The van der Waals surface area contributed by atoms with Gasteiger partial charge in [-0.15, -0.1) is 0 Å². The second kappa shape index (κ2) is 8.88. The Morgan fingerprint density at radius 2 is 2.10 bits per heavy atom. The highest BCUT2D eigenvalue weighted by Gasteiger charge is 2.33. The lowest BCUT2D eigenvalue weighted by Crippen LogP contribution is -2.51. The summed E-state index contributed by atoms with van der Waals surface area (Å²) in [5.74, 6) is 0.620. The standard InChI is InChI=1S/C24H28FN5O/c1-16-6-8-19(21-10-11-28-29(21)3)20(13-16)24(31)30-12-4-5-17(2)22(30)15-27-23-9-7-18(25)14-26-23/h6-11,13-14,17,22H,4-5,12,15H2,1-3H3,(H,26,27). The zero-order chi connectivity index (χ0) is 22.0. The molecular weight excluding hydrogens is 393 g/mol. The average molecular weight is 422 g/mol. The Labute approximate surface area is 182 Å². The van der Waals surface area contributed by atoms with Gasteiger partial charge in [0.25, 0.3) is 5.91 Å². The van der Waals surface area contributed by atoms with Crippen LogP contribution >= 0.6 is 0 Å². The maximum Gasteiger partial charge on any atom is 0.254 e. The van der Waals surface area contributed by atoms with Gasteiger partial charge in [-0.25, -0.2) is 9.37 Å². The number of pyridine rings is 1. The molecule has 31 heavy (non-hydrogen) atoms. The van der Waals surface area contributed by atoms with E-state index in [4.69, 9.17) is 0 Å². The lowest BCUT2D eigenvalue weighted by molar-refractivity contribution is 0.0540. The van der Waals surface area contributed by atoms with Crippen molar-refractivity contribution in [2.24, 2.45) is 13.0 Å². The van der Waals surface area contributed by atoms with E-state index in [9.17, 15) is 9.18 Å². The zero-order valence-corrected chi connectivity index (χ0v) is 18.2. The van der Waals surface area contributed by atoms with Gasteiger partial charge in [0.15, 0.2) is 0 Å². The average Bonchev–Trinajstić information content (AvgIpc) is 3.19. The first-order valence-corrected chi connectivity index (χ1v) is 10.7. The lowest BCUT2D eigenvalue weighted by atomic mass is 9.89. The summed E-state index contributed by atoms with van der Waals surface area (Å²) in [6.07, 6.45) is 4.98. The molecule has 2 aromatic heterocycles. The molecule has 4 rings (SSSR count). The maximum atomic E-state index is 13.8. The highest BCUT2D eigenvalue weighted by Crippen LogP contribution is 2.30. The van der Waals surface area contributed by atoms with Gasteiger partial charge >= 0.3 is 0 Å². The van der Waals surface area contributed by atoms with E-state index in [1.54, 1.807) is 16.9 Å². The summed E-state index contributed by atoms with van der Waals surface area (Å²) in [6.45, 7) is 5.47. The Bertz CT molecular complexity index is 1060. The van der Waals surface area contributed by atoms with Crippen LogP contribution in [0.2, 0.25) is 0 Å². The van der Waals surface area contributed by atoms with Crippen molar-refractivity contribution in [1.82, 2.24) is 19.7 Å². The Balaban J connectivity index is 1.62. The number of amides is 1. The highest BCUT2D eigenvalue weighted by molar-refractivity contribution is 6.01. The van der Waals surface area contributed by atoms with E-state index in [0.29, 0.717) is 30.4 Å². The summed E-state index contributed by atoms with van der Waals surface area (Å²) in [5, 5.41) is 7.56. The van der Waals surface area contributed by atoms with Crippen LogP contribution in [0.4, 0.5) is 10.2 Å². The molecule has 7 heteroatoms. The fourth-order valence-electron chi connectivity index (χ4n) is 4.35. The van der Waals surface area contributed by atoms with E-state index >= 15 is 0 Å². The fraction of sp³-hybridized carbons (Fsp3) is 0.375. The van der Waals surface area contributed by atoms with Crippen LogP contribution in [0.25, 0.3) is 11.3 Å². The molecule has 0 spiro atoms. The third-order valence-electron chi connectivity index (χ3n) is 6.10. The van der Waals surface area contributed by atoms with E-state index in [0.717, 1.165) is 29.7 Å². The number of likely N-dealkylation sites (tertiary alicyclic amines) is 1. The third-order valence-corrected chi connectivity index (χ3v) is 6.10. The topological polar surface area (TPSA) is 63.1 Å². The summed E-state index contributed by atoms with van der Waals surface area (Å²) in [7, 11) is 1.88. The second-order valence-corrected chi connectivity index (χ2v) is 8.32. The van der Waals surface area contributed by atoms with Crippen LogP contribution in [0.5, 0.6) is 0 Å². The molecule has 1 fully saturated rings. The van der Waals surface area contributed by atoms with Gasteiger partial charge in [-0.1, -0.05) is 24.6 Å². The van der Waals surface area contributed by atoms with Crippen molar-refractivity contribution in [3.63, 3.8) is 0 Å². The number of aryl methyl sites for hydroxylation is 2. The SMILES string of the molecule is Cc1ccc(-c2ccnn2C)c(C(=O)N2CCCC(C)C2CNc2ccc(F)cn2)c1. The molecule has 1 N–H and O–H groups in total. The smallest absolute Gasteiger partial charge is 0.254 e. The minimum Gasteiger partial charge on any atom is -0.368 e. The lowest BCUT2D eigenvalue weighted by Gasteiger charge is -2.40. The molecule has 0 aliphatic carbocycles. The normalized spacial score (nSPS) is 18.8. The molecule has 1 aliphatic rings. The molecule has 1 aromatic carbocycles. The molecular formula is C24H28FN5O. The van der Waals surface area contributed by atoms with Crippen LogP contribution < -0.4 is 5.32 Å². The van der Waals surface area contributed by atoms with Gasteiger partial charge < -0.3 is 10.2 Å². The van der Waals surface area contributed by atoms with Crippen molar-refractivity contribution in [3.05, 3.63) is 65.7 Å². The van der Waals surface area contributed by atoms with Crippen LogP contribution in [0, 0.1) is 18.7 Å². The number of nitrogens with one attached hydrogen (secondary N) is 1. The summed E-state index contributed by atoms with van der Waals surface area (Å²) in [4.78, 5) is 19.9. The first-order chi connectivity index (χ1) is 14.9. The summed E-state index contributed by atoms with van der Waals surface area (Å²) in [6, 6.07) is 11.0. The number of hydrogen-bond acceptors (Lipinski definition) is 4. The van der Waals surface area contributed by atoms with Crippen LogP contribution in [-0.4, -0.2) is 44.7 Å². The molecule has 6 nitrogen and oxygen atoms in total. The largest absolute Gasteiger partial charge is 0.368 e. The third kappa shape index (κ3) is 4.45. The van der Waals surface area contributed by atoms with Gasteiger partial charge in [0.1, 0.15) is 11.6 Å². The number of carbonyl (C=O) groups is 1. The van der Waals surface area contributed by atoms with E-state index in [-0.39, 0.29) is 17.8 Å². The van der Waals surface area contributed by atoms with Crippen molar-refractivity contribution in [2.45, 2.75) is 32.7 Å². The van der Waals surface area contributed by atoms with Gasteiger partial charge in [-0.05, 0) is 49.9 Å². The Kier molecular flexibility index (Phi) is 6.02. The molecule has 0 radical (unpaired) electrons. The molecule has 0 bridgehead atoms. The van der Waals surface area contributed by atoms with Crippen molar-refractivity contribution >= 4 is 11.7 Å². The second-order valence-electron chi connectivity index (χ2n) is 8.32. The van der Waals surface area contributed by atoms with Gasteiger partial charge in [-0.3, -0.25) is 9.48 Å². The molecule has 2 unspecified atom stereocenters. The van der Waals surface area contributed by atoms with Gasteiger partial charge in [0.05, 0.1) is 17.9 Å².